The molecule has 0 atom stereocenters. The minimum Gasteiger partial charge on any atom is -0.494 e. The van der Waals surface area contributed by atoms with Crippen molar-refractivity contribution in [3.63, 3.8) is 0 Å². The van der Waals surface area contributed by atoms with Crippen LogP contribution in [0.2, 0.25) is 0 Å². The monoisotopic (exact) mass is 328 g/mol. The Kier molecular flexibility index (Phi) is 7.81. The predicted octanol–water partition coefficient (Wildman–Crippen LogP) is 3.79. The lowest BCUT2D eigenvalue weighted by Gasteiger charge is -2.07. The molecule has 0 aliphatic carbocycles. The van der Waals surface area contributed by atoms with Gasteiger partial charge in [-0.1, -0.05) is 6.07 Å². The van der Waals surface area contributed by atoms with E-state index in [1.54, 1.807) is 19.1 Å². The first kappa shape index (κ1) is 18.0. The molecule has 0 fully saturated rings. The Morgan fingerprint density at radius 2 is 1.67 bits per heavy atom. The number of carbonyl (C=O) groups excluding carboxylic acids is 1. The van der Waals surface area contributed by atoms with Crippen LogP contribution in [0.1, 0.15) is 43.0 Å². The van der Waals surface area contributed by atoms with E-state index >= 15 is 0 Å². The summed E-state index contributed by atoms with van der Waals surface area (Å²) in [5.74, 6) is 0.503. The zero-order valence-electron chi connectivity index (χ0n) is 14.3. The number of hydrogen-bond donors (Lipinski definition) is 0. The second-order valence-electron chi connectivity index (χ2n) is 5.62. The molecular formula is C20H26NO3+. The van der Waals surface area contributed by atoms with Gasteiger partial charge in [0.2, 0.25) is 0 Å². The number of aromatic nitrogens is 1. The molecule has 0 aliphatic rings. The second-order valence-corrected chi connectivity index (χ2v) is 5.62. The SMILES string of the molecule is CCOC(=O)c1ccc(OCCCCCC[n+]2ccccc2)cc1. The molecule has 24 heavy (non-hydrogen) atoms. The number of aryl methyl sites for hydroxylation is 1. The van der Waals surface area contributed by atoms with Crippen molar-refractivity contribution in [1.29, 1.82) is 0 Å². The average molecular weight is 328 g/mol. The molecule has 0 N–H and O–H groups in total. The number of rotatable bonds is 10. The van der Waals surface area contributed by atoms with Crippen molar-refractivity contribution < 1.29 is 18.8 Å². The maximum atomic E-state index is 11.6. The molecule has 2 aromatic rings. The molecule has 0 saturated heterocycles. The second kappa shape index (κ2) is 10.4. The van der Waals surface area contributed by atoms with E-state index in [0.717, 1.165) is 25.1 Å². The number of benzene rings is 1. The lowest BCUT2D eigenvalue weighted by molar-refractivity contribution is -0.697. The van der Waals surface area contributed by atoms with Crippen molar-refractivity contribution in [1.82, 2.24) is 0 Å². The molecule has 0 unspecified atom stereocenters. The van der Waals surface area contributed by atoms with E-state index in [0.29, 0.717) is 18.8 Å². The van der Waals surface area contributed by atoms with Crippen LogP contribution in [-0.4, -0.2) is 19.2 Å². The molecule has 0 bridgehead atoms. The third-order valence-electron chi connectivity index (χ3n) is 3.72. The van der Waals surface area contributed by atoms with Crippen LogP contribution in [0.4, 0.5) is 0 Å². The summed E-state index contributed by atoms with van der Waals surface area (Å²) in [5, 5.41) is 0. The van der Waals surface area contributed by atoms with Crippen LogP contribution in [0.3, 0.4) is 0 Å². The first-order chi connectivity index (χ1) is 11.8. The molecule has 1 aromatic carbocycles. The summed E-state index contributed by atoms with van der Waals surface area (Å²) < 4.78 is 12.9. The number of nitrogens with zero attached hydrogens (tertiary/aromatic N) is 1. The van der Waals surface area contributed by atoms with Crippen LogP contribution in [0.15, 0.2) is 54.9 Å². The van der Waals surface area contributed by atoms with Gasteiger partial charge in [0.25, 0.3) is 0 Å². The molecule has 1 heterocycles. The van der Waals surface area contributed by atoms with Gasteiger partial charge in [0.05, 0.1) is 18.8 Å². The fourth-order valence-electron chi connectivity index (χ4n) is 2.43. The van der Waals surface area contributed by atoms with Gasteiger partial charge in [0.15, 0.2) is 12.4 Å². The van der Waals surface area contributed by atoms with Crippen LogP contribution in [0.25, 0.3) is 0 Å². The van der Waals surface area contributed by atoms with Crippen molar-refractivity contribution in [2.24, 2.45) is 0 Å². The summed E-state index contributed by atoms with van der Waals surface area (Å²) in [6.07, 6.45) is 8.79. The van der Waals surface area contributed by atoms with Gasteiger partial charge in [-0.3, -0.25) is 0 Å². The zero-order chi connectivity index (χ0) is 17.0. The third kappa shape index (κ3) is 6.41. The highest BCUT2D eigenvalue weighted by atomic mass is 16.5. The minimum absolute atomic E-state index is 0.291. The Hall–Kier alpha value is -2.36. The molecule has 0 radical (unpaired) electrons. The van der Waals surface area contributed by atoms with Gasteiger partial charge in [-0.15, -0.1) is 0 Å². The van der Waals surface area contributed by atoms with E-state index in [1.807, 2.05) is 18.2 Å². The molecule has 4 heteroatoms. The summed E-state index contributed by atoms with van der Waals surface area (Å²) in [6.45, 7) is 3.96. The fraction of sp³-hybridized carbons (Fsp3) is 0.400. The summed E-state index contributed by atoms with van der Waals surface area (Å²) in [7, 11) is 0. The van der Waals surface area contributed by atoms with Gasteiger partial charge in [-0.05, 0) is 50.5 Å². The number of ether oxygens (including phenoxy) is 2. The van der Waals surface area contributed by atoms with Crippen molar-refractivity contribution in [3.8, 4) is 5.75 Å². The number of hydrogen-bond acceptors (Lipinski definition) is 3. The highest BCUT2D eigenvalue weighted by Gasteiger charge is 2.05. The Labute approximate surface area is 144 Å². The third-order valence-corrected chi connectivity index (χ3v) is 3.72. The molecule has 1 aromatic heterocycles. The van der Waals surface area contributed by atoms with E-state index in [1.165, 1.54) is 12.8 Å². The Morgan fingerprint density at radius 3 is 2.38 bits per heavy atom. The van der Waals surface area contributed by atoms with Crippen LogP contribution >= 0.6 is 0 Å². The maximum Gasteiger partial charge on any atom is 0.338 e. The van der Waals surface area contributed by atoms with E-state index in [2.05, 4.69) is 29.1 Å². The van der Waals surface area contributed by atoms with Crippen LogP contribution in [0.5, 0.6) is 5.75 Å². The van der Waals surface area contributed by atoms with Crippen molar-refractivity contribution in [3.05, 3.63) is 60.4 Å². The van der Waals surface area contributed by atoms with Crippen molar-refractivity contribution in [2.45, 2.75) is 39.2 Å². The van der Waals surface area contributed by atoms with Gasteiger partial charge in [-0.2, -0.15) is 0 Å². The van der Waals surface area contributed by atoms with Gasteiger partial charge in [0.1, 0.15) is 12.3 Å². The number of unbranched alkanes of at least 4 members (excludes halogenated alkanes) is 3. The summed E-state index contributed by atoms with van der Waals surface area (Å²) in [4.78, 5) is 11.6. The molecule has 0 aliphatic heterocycles. The summed E-state index contributed by atoms with van der Waals surface area (Å²) in [5.41, 5.74) is 0.558. The van der Waals surface area contributed by atoms with Crippen LogP contribution in [0, 0.1) is 0 Å². The van der Waals surface area contributed by atoms with Crippen LogP contribution < -0.4 is 9.30 Å². The Bertz CT molecular complexity index is 596. The summed E-state index contributed by atoms with van der Waals surface area (Å²) in [6, 6.07) is 13.3. The van der Waals surface area contributed by atoms with E-state index < -0.39 is 0 Å². The van der Waals surface area contributed by atoms with Crippen molar-refractivity contribution >= 4 is 5.97 Å². The Balaban J connectivity index is 1.56. The topological polar surface area (TPSA) is 39.4 Å². The van der Waals surface area contributed by atoms with E-state index in [-0.39, 0.29) is 5.97 Å². The highest BCUT2D eigenvalue weighted by Crippen LogP contribution is 2.13. The fourth-order valence-corrected chi connectivity index (χ4v) is 2.43. The summed E-state index contributed by atoms with van der Waals surface area (Å²) >= 11 is 0. The highest BCUT2D eigenvalue weighted by molar-refractivity contribution is 5.89. The molecule has 0 spiro atoms. The number of pyridine rings is 1. The molecule has 0 amide bonds. The maximum absolute atomic E-state index is 11.6. The predicted molar refractivity (Wildman–Crippen MR) is 93.0 cm³/mol. The van der Waals surface area contributed by atoms with E-state index in [4.69, 9.17) is 9.47 Å². The number of esters is 1. The quantitative estimate of drug-likeness (QED) is 0.378. The van der Waals surface area contributed by atoms with Gasteiger partial charge in [0, 0.05) is 18.6 Å². The van der Waals surface area contributed by atoms with Gasteiger partial charge >= 0.3 is 5.97 Å². The lowest BCUT2D eigenvalue weighted by Crippen LogP contribution is -2.32. The molecular weight excluding hydrogens is 302 g/mol. The standard InChI is InChI=1S/C20H26NO3/c1-2-23-20(22)18-10-12-19(13-11-18)24-17-9-4-3-6-14-21-15-7-5-8-16-21/h5,7-8,10-13,15-16H,2-4,6,9,14,17H2,1H3/q+1. The molecule has 0 saturated carbocycles. The lowest BCUT2D eigenvalue weighted by atomic mass is 10.2. The average Bonchev–Trinajstić information content (AvgIpc) is 2.62. The molecule has 2 rings (SSSR count). The van der Waals surface area contributed by atoms with Crippen molar-refractivity contribution in [2.75, 3.05) is 13.2 Å². The first-order valence-corrected chi connectivity index (χ1v) is 8.63. The van der Waals surface area contributed by atoms with Gasteiger partial charge in [-0.25, -0.2) is 9.36 Å². The largest absolute Gasteiger partial charge is 0.494 e. The smallest absolute Gasteiger partial charge is 0.338 e. The first-order valence-electron chi connectivity index (χ1n) is 8.63. The van der Waals surface area contributed by atoms with Gasteiger partial charge < -0.3 is 9.47 Å². The molecule has 4 nitrogen and oxygen atoms in total. The zero-order valence-corrected chi connectivity index (χ0v) is 14.3. The van der Waals surface area contributed by atoms with E-state index in [9.17, 15) is 4.79 Å². The Morgan fingerprint density at radius 1 is 0.958 bits per heavy atom. The number of carbonyl (C=O) groups is 1. The minimum atomic E-state index is -0.291. The molecule has 128 valence electrons. The van der Waals surface area contributed by atoms with Crippen LogP contribution in [-0.2, 0) is 11.3 Å². The normalized spacial score (nSPS) is 10.4.